The van der Waals surface area contributed by atoms with Crippen molar-refractivity contribution in [3.05, 3.63) is 54.1 Å². The molecule has 0 radical (unpaired) electrons. The number of hydrogen-bond donors (Lipinski definition) is 2. The number of carbonyl (C=O) groups is 1. The van der Waals surface area contributed by atoms with Crippen LogP contribution < -0.4 is 15.4 Å². The topological polar surface area (TPSA) is 50.4 Å². The van der Waals surface area contributed by atoms with Crippen LogP contribution in [0.25, 0.3) is 0 Å². The molecule has 0 fully saturated rings. The van der Waals surface area contributed by atoms with E-state index in [0.29, 0.717) is 0 Å². The van der Waals surface area contributed by atoms with Gasteiger partial charge in [-0.1, -0.05) is 23.8 Å². The van der Waals surface area contributed by atoms with Crippen molar-refractivity contribution in [1.29, 1.82) is 0 Å². The first-order chi connectivity index (χ1) is 10.5. The quantitative estimate of drug-likeness (QED) is 0.852. The van der Waals surface area contributed by atoms with E-state index >= 15 is 0 Å². The number of carbonyl (C=O) groups excluding carboxylic acids is 1. The Hall–Kier alpha value is -2.49. The Balaban J connectivity index is 1.86. The summed E-state index contributed by atoms with van der Waals surface area (Å²) < 4.78 is 5.63. The summed E-state index contributed by atoms with van der Waals surface area (Å²) in [6.45, 7) is 6.18. The predicted molar refractivity (Wildman–Crippen MR) is 90.5 cm³/mol. The minimum absolute atomic E-state index is 0.0842. The molecule has 0 aliphatic heterocycles. The standard InChI is InChI=1S/C18H22N2O2/c1-13(2)22-17-6-4-5-16(11-17)19-12-18(21)20-15-9-7-14(3)8-10-15/h4-11,13,19H,12H2,1-3H3,(H,20,21). The molecule has 0 aliphatic carbocycles. The molecule has 1 amide bonds. The van der Waals surface area contributed by atoms with E-state index in [1.807, 2.05) is 69.3 Å². The Labute approximate surface area is 131 Å². The summed E-state index contributed by atoms with van der Waals surface area (Å²) >= 11 is 0. The second-order valence-electron chi connectivity index (χ2n) is 5.46. The maximum Gasteiger partial charge on any atom is 0.243 e. The molecule has 4 nitrogen and oxygen atoms in total. The lowest BCUT2D eigenvalue weighted by atomic mass is 10.2. The Bertz CT molecular complexity index is 621. The second-order valence-corrected chi connectivity index (χ2v) is 5.46. The summed E-state index contributed by atoms with van der Waals surface area (Å²) in [5, 5.41) is 5.95. The van der Waals surface area contributed by atoms with E-state index in [1.165, 1.54) is 0 Å². The Morgan fingerprint density at radius 3 is 2.50 bits per heavy atom. The van der Waals surface area contributed by atoms with Crippen LogP contribution in [0.5, 0.6) is 5.75 Å². The van der Waals surface area contributed by atoms with Gasteiger partial charge in [0, 0.05) is 17.4 Å². The Morgan fingerprint density at radius 1 is 1.09 bits per heavy atom. The van der Waals surface area contributed by atoms with Crippen LogP contribution in [-0.4, -0.2) is 18.6 Å². The average molecular weight is 298 g/mol. The van der Waals surface area contributed by atoms with Gasteiger partial charge in [-0.25, -0.2) is 0 Å². The average Bonchev–Trinajstić information content (AvgIpc) is 2.47. The van der Waals surface area contributed by atoms with Gasteiger partial charge in [0.15, 0.2) is 0 Å². The molecule has 2 aromatic carbocycles. The van der Waals surface area contributed by atoms with Crippen molar-refractivity contribution >= 4 is 17.3 Å². The molecule has 4 heteroatoms. The number of hydrogen-bond acceptors (Lipinski definition) is 3. The van der Waals surface area contributed by atoms with E-state index in [4.69, 9.17) is 4.74 Å². The van der Waals surface area contributed by atoms with E-state index in [-0.39, 0.29) is 18.6 Å². The van der Waals surface area contributed by atoms with Crippen LogP contribution in [0.4, 0.5) is 11.4 Å². The van der Waals surface area contributed by atoms with Gasteiger partial charge in [-0.15, -0.1) is 0 Å². The van der Waals surface area contributed by atoms with Crippen molar-refractivity contribution in [2.75, 3.05) is 17.2 Å². The number of nitrogens with one attached hydrogen (secondary N) is 2. The molecule has 2 aromatic rings. The summed E-state index contributed by atoms with van der Waals surface area (Å²) in [6, 6.07) is 15.3. The van der Waals surface area contributed by atoms with Crippen LogP contribution >= 0.6 is 0 Å². The van der Waals surface area contributed by atoms with E-state index in [2.05, 4.69) is 10.6 Å². The summed E-state index contributed by atoms with van der Waals surface area (Å²) in [6.07, 6.45) is 0.125. The first kappa shape index (κ1) is 15.9. The lowest BCUT2D eigenvalue weighted by Gasteiger charge is -2.12. The van der Waals surface area contributed by atoms with Crippen molar-refractivity contribution in [2.45, 2.75) is 26.9 Å². The van der Waals surface area contributed by atoms with Crippen LogP contribution in [0.1, 0.15) is 19.4 Å². The maximum absolute atomic E-state index is 11.9. The molecule has 116 valence electrons. The van der Waals surface area contributed by atoms with Gasteiger partial charge in [0.05, 0.1) is 12.6 Å². The van der Waals surface area contributed by atoms with Crippen molar-refractivity contribution in [2.24, 2.45) is 0 Å². The van der Waals surface area contributed by atoms with Gasteiger partial charge < -0.3 is 15.4 Å². The Morgan fingerprint density at radius 2 is 1.82 bits per heavy atom. The molecule has 22 heavy (non-hydrogen) atoms. The number of anilines is 2. The molecule has 0 unspecified atom stereocenters. The number of benzene rings is 2. The highest BCUT2D eigenvalue weighted by atomic mass is 16.5. The molecule has 2 N–H and O–H groups in total. The van der Waals surface area contributed by atoms with Gasteiger partial charge in [-0.05, 0) is 45.0 Å². The molecule has 2 rings (SSSR count). The smallest absolute Gasteiger partial charge is 0.243 e. The van der Waals surface area contributed by atoms with Gasteiger partial charge in [0.1, 0.15) is 5.75 Å². The van der Waals surface area contributed by atoms with Crippen LogP contribution in [0.3, 0.4) is 0 Å². The fourth-order valence-corrected chi connectivity index (χ4v) is 1.98. The fourth-order valence-electron chi connectivity index (χ4n) is 1.98. The molecular weight excluding hydrogens is 276 g/mol. The van der Waals surface area contributed by atoms with E-state index in [1.54, 1.807) is 0 Å². The van der Waals surface area contributed by atoms with Gasteiger partial charge in [0.2, 0.25) is 5.91 Å². The first-order valence-corrected chi connectivity index (χ1v) is 7.40. The summed E-state index contributed by atoms with van der Waals surface area (Å²) in [4.78, 5) is 11.9. The lowest BCUT2D eigenvalue weighted by Crippen LogP contribution is -2.21. The highest BCUT2D eigenvalue weighted by Gasteiger charge is 2.03. The molecule has 0 aliphatic rings. The number of amides is 1. The molecule has 0 saturated carbocycles. The second kappa shape index (κ2) is 7.50. The molecule has 0 bridgehead atoms. The zero-order chi connectivity index (χ0) is 15.9. The number of ether oxygens (including phenoxy) is 1. The molecule has 0 aromatic heterocycles. The third-order valence-corrected chi connectivity index (χ3v) is 2.99. The van der Waals surface area contributed by atoms with Crippen LogP contribution in [0.15, 0.2) is 48.5 Å². The zero-order valence-corrected chi connectivity index (χ0v) is 13.2. The molecular formula is C18H22N2O2. The highest BCUT2D eigenvalue weighted by molar-refractivity contribution is 5.93. The van der Waals surface area contributed by atoms with E-state index in [9.17, 15) is 4.79 Å². The Kier molecular flexibility index (Phi) is 5.42. The van der Waals surface area contributed by atoms with Crippen molar-refractivity contribution in [1.82, 2.24) is 0 Å². The van der Waals surface area contributed by atoms with Gasteiger partial charge in [0.25, 0.3) is 0 Å². The first-order valence-electron chi connectivity index (χ1n) is 7.40. The molecule has 0 spiro atoms. The van der Waals surface area contributed by atoms with E-state index < -0.39 is 0 Å². The van der Waals surface area contributed by atoms with E-state index in [0.717, 1.165) is 22.7 Å². The van der Waals surface area contributed by atoms with Crippen LogP contribution in [-0.2, 0) is 4.79 Å². The minimum atomic E-state index is -0.0842. The van der Waals surface area contributed by atoms with Crippen molar-refractivity contribution in [3.8, 4) is 5.75 Å². The molecule has 0 saturated heterocycles. The zero-order valence-electron chi connectivity index (χ0n) is 13.2. The highest BCUT2D eigenvalue weighted by Crippen LogP contribution is 2.18. The predicted octanol–water partition coefficient (Wildman–Crippen LogP) is 3.83. The van der Waals surface area contributed by atoms with Crippen LogP contribution in [0.2, 0.25) is 0 Å². The monoisotopic (exact) mass is 298 g/mol. The molecule has 0 heterocycles. The van der Waals surface area contributed by atoms with Gasteiger partial charge >= 0.3 is 0 Å². The minimum Gasteiger partial charge on any atom is -0.491 e. The van der Waals surface area contributed by atoms with Gasteiger partial charge in [-0.3, -0.25) is 4.79 Å². The largest absolute Gasteiger partial charge is 0.491 e. The fraction of sp³-hybridized carbons (Fsp3) is 0.278. The summed E-state index contributed by atoms with van der Waals surface area (Å²) in [7, 11) is 0. The lowest BCUT2D eigenvalue weighted by molar-refractivity contribution is -0.114. The third kappa shape index (κ3) is 5.13. The summed E-state index contributed by atoms with van der Waals surface area (Å²) in [5.41, 5.74) is 2.82. The number of aryl methyl sites for hydroxylation is 1. The molecule has 0 atom stereocenters. The summed E-state index contributed by atoms with van der Waals surface area (Å²) in [5.74, 6) is 0.706. The van der Waals surface area contributed by atoms with Gasteiger partial charge in [-0.2, -0.15) is 0 Å². The SMILES string of the molecule is Cc1ccc(NC(=O)CNc2cccc(OC(C)C)c2)cc1. The van der Waals surface area contributed by atoms with Crippen LogP contribution in [0, 0.1) is 6.92 Å². The van der Waals surface area contributed by atoms with Crippen molar-refractivity contribution < 1.29 is 9.53 Å². The maximum atomic E-state index is 11.9. The normalized spacial score (nSPS) is 10.4. The number of rotatable bonds is 6. The third-order valence-electron chi connectivity index (χ3n) is 2.99. The van der Waals surface area contributed by atoms with Crippen molar-refractivity contribution in [3.63, 3.8) is 0 Å².